The van der Waals surface area contributed by atoms with Crippen molar-refractivity contribution in [3.8, 4) is 0 Å². The Morgan fingerprint density at radius 3 is 2.86 bits per heavy atom. The number of carbonyl (C=O) groups is 1. The quantitative estimate of drug-likeness (QED) is 0.176. The second kappa shape index (κ2) is 9.81. The summed E-state index contributed by atoms with van der Waals surface area (Å²) < 4.78 is 27.7. The fraction of sp³-hybridized carbons (Fsp3) is 0.231. The van der Waals surface area contributed by atoms with Gasteiger partial charge in [-0.1, -0.05) is 24.3 Å². The molecule has 9 heteroatoms. The van der Waals surface area contributed by atoms with Crippen molar-refractivity contribution in [2.24, 2.45) is 0 Å². The smallest absolute Gasteiger partial charge is 0.293 e. The van der Waals surface area contributed by atoms with Crippen LogP contribution in [0.3, 0.4) is 0 Å². The van der Waals surface area contributed by atoms with Crippen LogP contribution in [0.5, 0.6) is 0 Å². The van der Waals surface area contributed by atoms with Crippen LogP contribution in [0, 0.1) is 11.6 Å². The molecule has 0 bridgehead atoms. The molecule has 0 saturated heterocycles. The first-order valence-corrected chi connectivity index (χ1v) is 11.4. The van der Waals surface area contributed by atoms with Crippen molar-refractivity contribution >= 4 is 22.5 Å². The van der Waals surface area contributed by atoms with Gasteiger partial charge in [0.25, 0.3) is 5.91 Å². The fourth-order valence-electron chi connectivity index (χ4n) is 4.72. The molecule has 1 amide bonds. The van der Waals surface area contributed by atoms with Crippen molar-refractivity contribution in [2.75, 3.05) is 24.5 Å². The number of para-hydroxylation sites is 1. The molecule has 5 rings (SSSR count). The van der Waals surface area contributed by atoms with Crippen molar-refractivity contribution in [3.05, 3.63) is 94.9 Å². The number of amides is 1. The number of carbonyl (C=O) groups excluding carboxylic acids is 1. The van der Waals surface area contributed by atoms with E-state index in [9.17, 15) is 13.6 Å². The number of hydroxylamine groups is 1. The number of aromatic nitrogens is 2. The van der Waals surface area contributed by atoms with Gasteiger partial charge in [-0.3, -0.25) is 10.0 Å². The number of H-pyrrole nitrogens is 1. The number of aromatic amines is 1. The second-order valence-corrected chi connectivity index (χ2v) is 8.70. The molecule has 0 spiro atoms. The predicted molar refractivity (Wildman–Crippen MR) is 129 cm³/mol. The number of fused-ring (bicyclic) bond motifs is 2. The van der Waals surface area contributed by atoms with Gasteiger partial charge in [0, 0.05) is 54.3 Å². The van der Waals surface area contributed by atoms with Crippen LogP contribution in [0.4, 0.5) is 14.5 Å². The van der Waals surface area contributed by atoms with E-state index in [4.69, 9.17) is 5.21 Å². The number of hydrogen-bond donors (Lipinski definition) is 4. The monoisotopic (exact) mass is 477 g/mol. The van der Waals surface area contributed by atoms with Crippen molar-refractivity contribution in [1.82, 2.24) is 20.8 Å². The molecule has 4 aromatic rings. The van der Waals surface area contributed by atoms with Crippen molar-refractivity contribution in [1.29, 1.82) is 0 Å². The van der Waals surface area contributed by atoms with E-state index < -0.39 is 17.5 Å². The average molecular weight is 478 g/mol. The van der Waals surface area contributed by atoms with Crippen LogP contribution in [0.15, 0.2) is 60.9 Å². The highest BCUT2D eigenvalue weighted by Gasteiger charge is 2.30. The molecule has 2 aromatic carbocycles. The van der Waals surface area contributed by atoms with Crippen LogP contribution in [0.25, 0.3) is 10.9 Å². The van der Waals surface area contributed by atoms with Gasteiger partial charge in [0.05, 0.1) is 11.9 Å². The maximum Gasteiger partial charge on any atom is 0.293 e. The molecule has 3 heterocycles. The van der Waals surface area contributed by atoms with Gasteiger partial charge < -0.3 is 15.2 Å². The first kappa shape index (κ1) is 22.9. The number of pyridine rings is 1. The van der Waals surface area contributed by atoms with E-state index in [0.29, 0.717) is 18.7 Å². The zero-order valence-corrected chi connectivity index (χ0v) is 18.9. The summed E-state index contributed by atoms with van der Waals surface area (Å²) in [4.78, 5) is 21.3. The SMILES string of the molecule is O=C(NO)c1cc2c(cn1)N(Cc1ccc(F)cc1F)CC2CNCCc1c[nH]c2ccccc12. The van der Waals surface area contributed by atoms with E-state index in [2.05, 4.69) is 27.4 Å². The molecule has 7 nitrogen and oxygen atoms in total. The minimum absolute atomic E-state index is 0.0183. The minimum Gasteiger partial charge on any atom is -0.365 e. The van der Waals surface area contributed by atoms with Gasteiger partial charge in [-0.05, 0) is 42.3 Å². The number of rotatable bonds is 8. The maximum atomic E-state index is 14.3. The molecule has 0 radical (unpaired) electrons. The molecular formula is C26H25F2N5O2. The Hall–Kier alpha value is -3.82. The lowest BCUT2D eigenvalue weighted by Gasteiger charge is -2.20. The number of benzene rings is 2. The molecular weight excluding hydrogens is 452 g/mol. The number of halogens is 2. The zero-order chi connectivity index (χ0) is 24.4. The molecule has 4 N–H and O–H groups in total. The summed E-state index contributed by atoms with van der Waals surface area (Å²) in [7, 11) is 0. The Morgan fingerprint density at radius 1 is 1.17 bits per heavy atom. The van der Waals surface area contributed by atoms with Crippen LogP contribution in [0.1, 0.15) is 33.1 Å². The third-order valence-corrected chi connectivity index (χ3v) is 6.48. The lowest BCUT2D eigenvalue weighted by Crippen LogP contribution is -2.28. The van der Waals surface area contributed by atoms with Gasteiger partial charge >= 0.3 is 0 Å². The van der Waals surface area contributed by atoms with Gasteiger partial charge in [0.1, 0.15) is 17.3 Å². The zero-order valence-electron chi connectivity index (χ0n) is 18.9. The van der Waals surface area contributed by atoms with Gasteiger partial charge in [0.2, 0.25) is 0 Å². The lowest BCUT2D eigenvalue weighted by atomic mass is 10.0. The van der Waals surface area contributed by atoms with Gasteiger partial charge in [0.15, 0.2) is 0 Å². The molecule has 0 saturated carbocycles. The first-order valence-electron chi connectivity index (χ1n) is 11.4. The van der Waals surface area contributed by atoms with Crippen LogP contribution >= 0.6 is 0 Å². The summed E-state index contributed by atoms with van der Waals surface area (Å²) in [6, 6.07) is 13.4. The summed E-state index contributed by atoms with van der Waals surface area (Å²) in [6.07, 6.45) is 4.44. The molecule has 0 aliphatic carbocycles. The van der Waals surface area contributed by atoms with Gasteiger partial charge in [-0.2, -0.15) is 0 Å². The summed E-state index contributed by atoms with van der Waals surface area (Å²) >= 11 is 0. The van der Waals surface area contributed by atoms with Crippen LogP contribution in [-0.2, 0) is 13.0 Å². The van der Waals surface area contributed by atoms with Crippen LogP contribution in [-0.4, -0.2) is 40.7 Å². The van der Waals surface area contributed by atoms with E-state index in [1.165, 1.54) is 23.1 Å². The highest BCUT2D eigenvalue weighted by molar-refractivity contribution is 5.92. The minimum atomic E-state index is -0.693. The Labute approximate surface area is 200 Å². The second-order valence-electron chi connectivity index (χ2n) is 8.70. The topological polar surface area (TPSA) is 93.3 Å². The molecule has 180 valence electrons. The van der Waals surface area contributed by atoms with E-state index in [1.807, 2.05) is 23.2 Å². The molecule has 1 aliphatic rings. The van der Waals surface area contributed by atoms with Crippen molar-refractivity contribution in [3.63, 3.8) is 0 Å². The lowest BCUT2D eigenvalue weighted by molar-refractivity contribution is 0.0700. The van der Waals surface area contributed by atoms with Gasteiger partial charge in [-0.15, -0.1) is 0 Å². The molecule has 1 unspecified atom stereocenters. The fourth-order valence-corrected chi connectivity index (χ4v) is 4.72. The predicted octanol–water partition coefficient (Wildman–Crippen LogP) is 3.90. The Kier molecular flexibility index (Phi) is 6.43. The standard InChI is InChI=1S/C26H25F2N5O2/c27-19-6-5-17(22(28)9-19)14-33-15-18(21-10-24(26(34)32-35)31-13-25(21)33)11-29-8-7-16-12-30-23-4-2-1-3-20(16)23/h1-6,9-10,12-13,18,29-30,35H,7-8,11,14-15H2,(H,32,34). The molecule has 1 aliphatic heterocycles. The average Bonchev–Trinajstić information content (AvgIpc) is 3.44. The van der Waals surface area contributed by atoms with Crippen LogP contribution in [0.2, 0.25) is 0 Å². The summed E-state index contributed by atoms with van der Waals surface area (Å²) in [5.41, 5.74) is 6.11. The Bertz CT molecular complexity index is 1370. The maximum absolute atomic E-state index is 14.3. The van der Waals surface area contributed by atoms with Gasteiger partial charge in [-0.25, -0.2) is 19.2 Å². The highest BCUT2D eigenvalue weighted by Crippen LogP contribution is 2.37. The Balaban J connectivity index is 1.30. The molecule has 1 atom stereocenters. The first-order chi connectivity index (χ1) is 17.0. The largest absolute Gasteiger partial charge is 0.365 e. The van der Waals surface area contributed by atoms with Crippen LogP contribution < -0.4 is 15.7 Å². The normalized spacial score (nSPS) is 14.9. The van der Waals surface area contributed by atoms with E-state index >= 15 is 0 Å². The van der Waals surface area contributed by atoms with Crippen molar-refractivity contribution in [2.45, 2.75) is 18.9 Å². The molecule has 35 heavy (non-hydrogen) atoms. The summed E-state index contributed by atoms with van der Waals surface area (Å²) in [6.45, 7) is 2.23. The highest BCUT2D eigenvalue weighted by atomic mass is 19.1. The van der Waals surface area contributed by atoms with E-state index in [-0.39, 0.29) is 18.2 Å². The van der Waals surface area contributed by atoms with Crippen molar-refractivity contribution < 1.29 is 18.8 Å². The van der Waals surface area contributed by atoms with E-state index in [1.54, 1.807) is 17.7 Å². The number of nitrogens with zero attached hydrogens (tertiary/aromatic N) is 2. The van der Waals surface area contributed by atoms with E-state index in [0.717, 1.165) is 35.8 Å². The molecule has 2 aromatic heterocycles. The third kappa shape index (κ3) is 4.73. The molecule has 0 fully saturated rings. The third-order valence-electron chi connectivity index (χ3n) is 6.48. The number of anilines is 1. The number of nitrogens with one attached hydrogen (secondary N) is 3. The summed E-state index contributed by atoms with van der Waals surface area (Å²) in [5, 5.41) is 13.7. The number of hydrogen-bond acceptors (Lipinski definition) is 5. The Morgan fingerprint density at radius 2 is 2.03 bits per heavy atom. The summed E-state index contributed by atoms with van der Waals surface area (Å²) in [5.74, 6) is -1.89.